The average molecular weight is 651 g/mol. The van der Waals surface area contributed by atoms with Crippen LogP contribution >= 0.6 is 0 Å². The Kier molecular flexibility index (Phi) is 23.7. The zero-order chi connectivity index (χ0) is 33.0. The van der Waals surface area contributed by atoms with E-state index in [1.807, 2.05) is 0 Å². The zero-order valence-electron chi connectivity index (χ0n) is 32.2. The number of hydrogen-bond donors (Lipinski definition) is 0. The first-order chi connectivity index (χ1) is 23.3. The highest BCUT2D eigenvalue weighted by Crippen LogP contribution is 2.32. The molecule has 1 aromatic carbocycles. The Balaban J connectivity index is 1.70. The van der Waals surface area contributed by atoms with E-state index in [1.165, 1.54) is 249 Å². The Hall–Kier alpha value is -1.18. The average Bonchev–Trinajstić information content (AvgIpc) is 3.07. The molecular formula is C45H82N2. The van der Waals surface area contributed by atoms with Gasteiger partial charge in [0, 0.05) is 37.6 Å². The summed E-state index contributed by atoms with van der Waals surface area (Å²) in [7, 11) is 0. The predicted molar refractivity (Wildman–Crippen MR) is 213 cm³/mol. The molecule has 0 saturated heterocycles. The summed E-state index contributed by atoms with van der Waals surface area (Å²) in [5, 5.41) is 0. The van der Waals surface area contributed by atoms with Crippen molar-refractivity contribution in [1.29, 1.82) is 0 Å². The number of fused-ring (bicyclic) bond motifs is 18. The van der Waals surface area contributed by atoms with Crippen LogP contribution in [0.2, 0.25) is 0 Å². The summed E-state index contributed by atoms with van der Waals surface area (Å²) in [6.45, 7) is 9.84. The molecule has 3 aliphatic rings. The molecule has 1 aromatic rings. The van der Waals surface area contributed by atoms with Gasteiger partial charge in [0.05, 0.1) is 0 Å². The normalized spacial score (nSPS) is 22.4. The van der Waals surface area contributed by atoms with E-state index in [4.69, 9.17) is 0 Å². The van der Waals surface area contributed by atoms with Gasteiger partial charge in [0.15, 0.2) is 0 Å². The second-order valence-electron chi connectivity index (χ2n) is 16.0. The Morgan fingerprint density at radius 1 is 0.255 bits per heavy atom. The maximum Gasteiger partial charge on any atom is 0.0400 e. The molecule has 0 radical (unpaired) electrons. The van der Waals surface area contributed by atoms with Crippen molar-refractivity contribution in [2.45, 2.75) is 226 Å². The molecule has 0 N–H and O–H groups in total. The lowest BCUT2D eigenvalue weighted by atomic mass is 10.0. The van der Waals surface area contributed by atoms with Crippen molar-refractivity contribution in [3.05, 3.63) is 23.3 Å². The molecule has 0 fully saturated rings. The second kappa shape index (κ2) is 27.6. The number of nitrogens with zero attached hydrogens (tertiary/aromatic N) is 2. The minimum atomic E-state index is 1.24. The van der Waals surface area contributed by atoms with Crippen LogP contribution in [0.3, 0.4) is 0 Å². The molecule has 0 aliphatic carbocycles. The van der Waals surface area contributed by atoms with Gasteiger partial charge in [-0.15, -0.1) is 0 Å². The third-order valence-electron chi connectivity index (χ3n) is 11.9. The fourth-order valence-corrected chi connectivity index (χ4v) is 8.52. The Morgan fingerprint density at radius 2 is 0.404 bits per heavy atom. The molecular weight excluding hydrogens is 569 g/mol. The van der Waals surface area contributed by atoms with Crippen molar-refractivity contribution in [2.24, 2.45) is 0 Å². The van der Waals surface area contributed by atoms with Crippen LogP contribution in [0, 0.1) is 13.8 Å². The van der Waals surface area contributed by atoms with E-state index >= 15 is 0 Å². The van der Waals surface area contributed by atoms with E-state index in [2.05, 4.69) is 35.8 Å². The van der Waals surface area contributed by atoms with Crippen LogP contribution in [-0.4, -0.2) is 26.2 Å². The summed E-state index contributed by atoms with van der Waals surface area (Å²) in [6.07, 6.45) is 47.5. The molecule has 3 heterocycles. The van der Waals surface area contributed by atoms with Crippen LogP contribution in [0.25, 0.3) is 0 Å². The largest absolute Gasteiger partial charge is 0.371 e. The zero-order valence-corrected chi connectivity index (χ0v) is 32.2. The van der Waals surface area contributed by atoms with Gasteiger partial charge in [0.2, 0.25) is 0 Å². The lowest BCUT2D eigenvalue weighted by Crippen LogP contribution is -2.29. The lowest BCUT2D eigenvalue weighted by Gasteiger charge is -2.31. The summed E-state index contributed by atoms with van der Waals surface area (Å²) >= 11 is 0. The van der Waals surface area contributed by atoms with Crippen molar-refractivity contribution in [1.82, 2.24) is 0 Å². The molecule has 0 unspecified atom stereocenters. The SMILES string of the molecule is Cc1c2ccc(c1C)N1CCCCCCCCCCCCCCCCCCCN2CCCCCCCCCCCCCCCCCC1. The number of hydrogen-bond acceptors (Lipinski definition) is 2. The van der Waals surface area contributed by atoms with Crippen LogP contribution in [0.1, 0.15) is 223 Å². The molecule has 4 bridgehead atoms. The van der Waals surface area contributed by atoms with Gasteiger partial charge in [-0.25, -0.2) is 0 Å². The van der Waals surface area contributed by atoms with Crippen molar-refractivity contribution >= 4 is 11.4 Å². The van der Waals surface area contributed by atoms with Crippen LogP contribution in [-0.2, 0) is 0 Å². The van der Waals surface area contributed by atoms with Crippen LogP contribution in [0.5, 0.6) is 0 Å². The molecule has 0 aromatic heterocycles. The third kappa shape index (κ3) is 18.4. The van der Waals surface area contributed by atoms with Crippen molar-refractivity contribution in [2.75, 3.05) is 36.0 Å². The number of rotatable bonds is 0. The first-order valence-electron chi connectivity index (χ1n) is 21.9. The van der Waals surface area contributed by atoms with Gasteiger partial charge in [0.25, 0.3) is 0 Å². The first-order valence-corrected chi connectivity index (χ1v) is 21.9. The van der Waals surface area contributed by atoms with Gasteiger partial charge in [-0.3, -0.25) is 0 Å². The van der Waals surface area contributed by atoms with Crippen molar-refractivity contribution < 1.29 is 0 Å². The Bertz CT molecular complexity index is 793. The van der Waals surface area contributed by atoms with Gasteiger partial charge >= 0.3 is 0 Å². The van der Waals surface area contributed by atoms with Gasteiger partial charge in [-0.05, 0) is 62.8 Å². The maximum absolute atomic E-state index is 2.80. The minimum Gasteiger partial charge on any atom is -0.371 e. The fraction of sp³-hybridized carbons (Fsp3) is 0.867. The summed E-state index contributed by atoms with van der Waals surface area (Å²) in [4.78, 5) is 5.60. The highest BCUT2D eigenvalue weighted by atomic mass is 15.1. The highest BCUT2D eigenvalue weighted by Gasteiger charge is 2.17. The molecule has 272 valence electrons. The molecule has 3 aliphatic heterocycles. The van der Waals surface area contributed by atoms with E-state index in [0.717, 1.165) is 0 Å². The maximum atomic E-state index is 2.80. The van der Waals surface area contributed by atoms with Gasteiger partial charge in [0.1, 0.15) is 0 Å². The second-order valence-corrected chi connectivity index (χ2v) is 16.0. The molecule has 0 saturated carbocycles. The monoisotopic (exact) mass is 651 g/mol. The molecule has 0 atom stereocenters. The van der Waals surface area contributed by atoms with E-state index in [1.54, 1.807) is 11.1 Å². The van der Waals surface area contributed by atoms with Crippen LogP contribution in [0.15, 0.2) is 12.1 Å². The summed E-state index contributed by atoms with van der Waals surface area (Å²) < 4.78 is 0. The Morgan fingerprint density at radius 3 is 0.574 bits per heavy atom. The fourth-order valence-electron chi connectivity index (χ4n) is 8.52. The Labute approximate surface area is 295 Å². The molecule has 2 nitrogen and oxygen atoms in total. The van der Waals surface area contributed by atoms with Crippen LogP contribution in [0.4, 0.5) is 11.4 Å². The van der Waals surface area contributed by atoms with Gasteiger partial charge in [-0.1, -0.05) is 186 Å². The molecule has 4 rings (SSSR count). The number of anilines is 2. The topological polar surface area (TPSA) is 6.48 Å². The first kappa shape index (κ1) is 40.3. The summed E-state index contributed by atoms with van der Waals surface area (Å²) in [5.74, 6) is 0. The molecule has 2 heteroatoms. The minimum absolute atomic E-state index is 1.24. The number of benzene rings is 1. The third-order valence-corrected chi connectivity index (χ3v) is 11.9. The quantitative estimate of drug-likeness (QED) is 0.276. The van der Waals surface area contributed by atoms with Crippen LogP contribution < -0.4 is 9.80 Å². The molecule has 47 heavy (non-hydrogen) atoms. The summed E-state index contributed by atoms with van der Waals surface area (Å²) in [6, 6.07) is 5.06. The standard InChI is InChI=1S/C45H82N2/c1-42-43(2)45-37-36-44(42)46-38-32-28-24-20-16-12-8-4-3-5-9-13-17-21-25-29-33-39-47(45)41-35-31-27-23-19-15-11-7-6-10-14-18-22-26-30-34-40-46/h36-37H,3-35,38-41H2,1-2H3. The lowest BCUT2D eigenvalue weighted by molar-refractivity contribution is 0.523. The van der Waals surface area contributed by atoms with E-state index < -0.39 is 0 Å². The summed E-state index contributed by atoms with van der Waals surface area (Å²) in [5.41, 5.74) is 6.16. The highest BCUT2D eigenvalue weighted by molar-refractivity contribution is 5.67. The molecule has 0 amide bonds. The van der Waals surface area contributed by atoms with Crippen molar-refractivity contribution in [3.63, 3.8) is 0 Å². The van der Waals surface area contributed by atoms with E-state index in [0.29, 0.717) is 0 Å². The van der Waals surface area contributed by atoms with Gasteiger partial charge < -0.3 is 9.80 Å². The smallest absolute Gasteiger partial charge is 0.0400 e. The van der Waals surface area contributed by atoms with E-state index in [-0.39, 0.29) is 0 Å². The predicted octanol–water partition coefficient (Wildman–Crippen LogP) is 14.8. The van der Waals surface area contributed by atoms with E-state index in [9.17, 15) is 0 Å². The molecule has 0 spiro atoms. The van der Waals surface area contributed by atoms with Gasteiger partial charge in [-0.2, -0.15) is 0 Å². The van der Waals surface area contributed by atoms with Crippen molar-refractivity contribution in [3.8, 4) is 0 Å².